The molecule has 0 radical (unpaired) electrons. The number of sulfonamides is 1. The average molecular weight is 273 g/mol. The molecule has 0 fully saturated rings. The average Bonchev–Trinajstić information content (AvgIpc) is 2.72. The minimum absolute atomic E-state index is 0.0204. The molecule has 1 heterocycles. The molecule has 0 aromatic heterocycles. The maximum Gasteiger partial charge on any atom is 0.318 e. The molecule has 1 aliphatic heterocycles. The topological polar surface area (TPSA) is 102 Å². The molecule has 2 rings (SSSR count). The van der Waals surface area contributed by atoms with Gasteiger partial charge >= 0.3 is 5.97 Å². The number of benzene rings is 1. The van der Waals surface area contributed by atoms with Crippen molar-refractivity contribution in [1.82, 2.24) is 4.72 Å². The Balaban J connectivity index is 2.36. The number of rotatable bonds is 4. The van der Waals surface area contributed by atoms with E-state index in [1.54, 1.807) is 6.92 Å². The second kappa shape index (κ2) is 4.46. The molecule has 18 heavy (non-hydrogen) atoms. The van der Waals surface area contributed by atoms with Crippen LogP contribution >= 0.6 is 0 Å². The van der Waals surface area contributed by atoms with Crippen LogP contribution in [0.15, 0.2) is 17.0 Å². The van der Waals surface area contributed by atoms with Crippen molar-refractivity contribution >= 4 is 16.0 Å². The van der Waals surface area contributed by atoms with E-state index in [1.807, 2.05) is 4.72 Å². The van der Waals surface area contributed by atoms with Gasteiger partial charge in [-0.1, -0.05) is 0 Å². The quantitative estimate of drug-likeness (QED) is 0.806. The fraction of sp³-hybridized carbons (Fsp3) is 0.300. The van der Waals surface area contributed by atoms with Gasteiger partial charge in [0.1, 0.15) is 6.54 Å². The third kappa shape index (κ3) is 2.39. The molecule has 7 nitrogen and oxygen atoms in total. The third-order valence-electron chi connectivity index (χ3n) is 2.37. The van der Waals surface area contributed by atoms with Crippen LogP contribution in [-0.4, -0.2) is 32.8 Å². The van der Waals surface area contributed by atoms with Crippen LogP contribution in [0.3, 0.4) is 0 Å². The summed E-state index contributed by atoms with van der Waals surface area (Å²) in [6, 6.07) is 2.86. The number of aliphatic carboxylic acids is 1. The normalized spacial score (nSPS) is 13.6. The zero-order valence-electron chi connectivity index (χ0n) is 9.47. The number of carbonyl (C=O) groups is 1. The van der Waals surface area contributed by atoms with Crippen LogP contribution in [0.4, 0.5) is 0 Å². The first-order chi connectivity index (χ1) is 8.40. The minimum Gasteiger partial charge on any atom is -0.480 e. The van der Waals surface area contributed by atoms with Crippen molar-refractivity contribution < 1.29 is 27.8 Å². The number of hydrogen-bond acceptors (Lipinski definition) is 5. The number of aryl methyl sites for hydroxylation is 1. The molecule has 0 unspecified atom stereocenters. The molecule has 0 aliphatic carbocycles. The highest BCUT2D eigenvalue weighted by atomic mass is 32.2. The van der Waals surface area contributed by atoms with Gasteiger partial charge in [0.15, 0.2) is 11.5 Å². The van der Waals surface area contributed by atoms with Crippen molar-refractivity contribution in [2.75, 3.05) is 13.3 Å². The lowest BCUT2D eigenvalue weighted by Gasteiger charge is -2.08. The second-order valence-electron chi connectivity index (χ2n) is 3.69. The molecule has 1 aromatic rings. The number of ether oxygens (including phenoxy) is 2. The van der Waals surface area contributed by atoms with Crippen molar-refractivity contribution in [3.8, 4) is 11.5 Å². The van der Waals surface area contributed by atoms with Gasteiger partial charge in [0, 0.05) is 6.07 Å². The monoisotopic (exact) mass is 273 g/mol. The predicted octanol–water partition coefficient (Wildman–Crippen LogP) is 0.0866. The van der Waals surface area contributed by atoms with Crippen LogP contribution in [0.2, 0.25) is 0 Å². The Morgan fingerprint density at radius 2 is 2.00 bits per heavy atom. The molecule has 1 aliphatic rings. The summed E-state index contributed by atoms with van der Waals surface area (Å²) in [6.07, 6.45) is 0. The third-order valence-corrected chi connectivity index (χ3v) is 3.92. The highest BCUT2D eigenvalue weighted by molar-refractivity contribution is 7.89. The first-order valence-electron chi connectivity index (χ1n) is 5.02. The Morgan fingerprint density at radius 1 is 1.39 bits per heavy atom. The van der Waals surface area contributed by atoms with E-state index < -0.39 is 22.5 Å². The van der Waals surface area contributed by atoms with Gasteiger partial charge in [-0.25, -0.2) is 8.42 Å². The summed E-state index contributed by atoms with van der Waals surface area (Å²) in [7, 11) is -3.87. The molecule has 0 saturated heterocycles. The lowest BCUT2D eigenvalue weighted by molar-refractivity contribution is -0.135. The van der Waals surface area contributed by atoms with Gasteiger partial charge in [0.05, 0.1) is 4.90 Å². The maximum absolute atomic E-state index is 11.9. The summed E-state index contributed by atoms with van der Waals surface area (Å²) >= 11 is 0. The van der Waals surface area contributed by atoms with E-state index in [9.17, 15) is 13.2 Å². The van der Waals surface area contributed by atoms with Gasteiger partial charge < -0.3 is 14.6 Å². The summed E-state index contributed by atoms with van der Waals surface area (Å²) in [5, 5.41) is 8.48. The molecule has 0 amide bonds. The van der Waals surface area contributed by atoms with Gasteiger partial charge in [-0.15, -0.1) is 0 Å². The van der Waals surface area contributed by atoms with Crippen LogP contribution in [0.5, 0.6) is 11.5 Å². The number of hydrogen-bond donors (Lipinski definition) is 2. The maximum atomic E-state index is 11.9. The summed E-state index contributed by atoms with van der Waals surface area (Å²) < 4.78 is 36.0. The van der Waals surface area contributed by atoms with Crippen molar-refractivity contribution in [3.05, 3.63) is 17.7 Å². The molecular formula is C10H11NO6S. The van der Waals surface area contributed by atoms with Crippen molar-refractivity contribution in [2.24, 2.45) is 0 Å². The van der Waals surface area contributed by atoms with Gasteiger partial charge in [0.2, 0.25) is 16.8 Å². The summed E-state index contributed by atoms with van der Waals surface area (Å²) in [6.45, 7) is 0.967. The Morgan fingerprint density at radius 3 is 2.61 bits per heavy atom. The molecule has 1 aromatic carbocycles. The zero-order valence-corrected chi connectivity index (χ0v) is 10.3. The van der Waals surface area contributed by atoms with Gasteiger partial charge in [0.25, 0.3) is 0 Å². The van der Waals surface area contributed by atoms with Gasteiger partial charge in [-0.2, -0.15) is 4.72 Å². The number of nitrogens with one attached hydrogen (secondary N) is 1. The molecule has 0 spiro atoms. The van der Waals surface area contributed by atoms with Gasteiger partial charge in [-0.05, 0) is 18.6 Å². The standard InChI is InChI=1S/C10H11NO6S/c1-6-2-7-8(17-5-16-7)3-9(6)18(14,15)11-4-10(12)13/h2-3,11H,4-5H2,1H3,(H,12,13). The molecule has 0 saturated carbocycles. The molecule has 98 valence electrons. The Hall–Kier alpha value is -1.80. The van der Waals surface area contributed by atoms with Crippen LogP contribution in [0, 0.1) is 6.92 Å². The fourth-order valence-electron chi connectivity index (χ4n) is 1.55. The lowest BCUT2D eigenvalue weighted by atomic mass is 10.2. The molecular weight excluding hydrogens is 262 g/mol. The smallest absolute Gasteiger partial charge is 0.318 e. The van der Waals surface area contributed by atoms with E-state index in [4.69, 9.17) is 14.6 Å². The van der Waals surface area contributed by atoms with Crippen LogP contribution in [0.25, 0.3) is 0 Å². The molecule has 0 bridgehead atoms. The largest absolute Gasteiger partial charge is 0.480 e. The van der Waals surface area contributed by atoms with Crippen molar-refractivity contribution in [2.45, 2.75) is 11.8 Å². The van der Waals surface area contributed by atoms with Gasteiger partial charge in [-0.3, -0.25) is 4.79 Å². The predicted molar refractivity (Wildman–Crippen MR) is 60.1 cm³/mol. The van der Waals surface area contributed by atoms with E-state index in [2.05, 4.69) is 0 Å². The summed E-state index contributed by atoms with van der Waals surface area (Å²) in [5.41, 5.74) is 0.456. The minimum atomic E-state index is -3.87. The lowest BCUT2D eigenvalue weighted by Crippen LogP contribution is -2.29. The highest BCUT2D eigenvalue weighted by Crippen LogP contribution is 2.35. The SMILES string of the molecule is Cc1cc2c(cc1S(=O)(=O)NCC(=O)O)OCO2. The van der Waals surface area contributed by atoms with E-state index in [1.165, 1.54) is 12.1 Å². The summed E-state index contributed by atoms with van der Waals surface area (Å²) in [4.78, 5) is 10.4. The Labute approximate surface area is 103 Å². The fourth-order valence-corrected chi connectivity index (χ4v) is 2.76. The van der Waals surface area contributed by atoms with Crippen LogP contribution in [-0.2, 0) is 14.8 Å². The highest BCUT2D eigenvalue weighted by Gasteiger charge is 2.23. The van der Waals surface area contributed by atoms with E-state index >= 15 is 0 Å². The van der Waals surface area contributed by atoms with Crippen LogP contribution < -0.4 is 14.2 Å². The van der Waals surface area contributed by atoms with Crippen molar-refractivity contribution in [1.29, 1.82) is 0 Å². The van der Waals surface area contributed by atoms with E-state index in [0.717, 1.165) is 0 Å². The Bertz CT molecular complexity index is 595. The Kier molecular flexibility index (Phi) is 3.14. The molecule has 2 N–H and O–H groups in total. The number of carboxylic acid groups (broad SMARTS) is 1. The second-order valence-corrected chi connectivity index (χ2v) is 5.42. The number of fused-ring (bicyclic) bond motifs is 1. The van der Waals surface area contributed by atoms with E-state index in [0.29, 0.717) is 17.1 Å². The summed E-state index contributed by atoms with van der Waals surface area (Å²) in [5.74, 6) is -0.446. The van der Waals surface area contributed by atoms with Crippen molar-refractivity contribution in [3.63, 3.8) is 0 Å². The zero-order chi connectivity index (χ0) is 13.3. The molecule has 8 heteroatoms. The first kappa shape index (κ1) is 12.7. The van der Waals surface area contributed by atoms with Crippen LogP contribution in [0.1, 0.15) is 5.56 Å². The molecule has 0 atom stereocenters. The van der Waals surface area contributed by atoms with E-state index in [-0.39, 0.29) is 11.7 Å². The first-order valence-corrected chi connectivity index (χ1v) is 6.50. The number of carboxylic acids is 1.